The molecule has 2 aliphatic heterocycles. The summed E-state index contributed by atoms with van der Waals surface area (Å²) in [5, 5.41) is 0. The summed E-state index contributed by atoms with van der Waals surface area (Å²) < 4.78 is 46.4. The van der Waals surface area contributed by atoms with E-state index in [9.17, 15) is 17.4 Å². The van der Waals surface area contributed by atoms with Gasteiger partial charge in [0.05, 0.1) is 0 Å². The third kappa shape index (κ3) is 4.82. The average Bonchev–Trinajstić information content (AvgIpc) is 3.01. The second-order valence-corrected chi connectivity index (χ2v) is 8.91. The first-order chi connectivity index (χ1) is 11.9. The Morgan fingerprint density at radius 2 is 1.88 bits per heavy atom. The molecule has 0 radical (unpaired) electrons. The van der Waals surface area contributed by atoms with E-state index in [-0.39, 0.29) is 0 Å². The molecular weight excluding hydrogens is 349 g/mol. The van der Waals surface area contributed by atoms with Crippen molar-refractivity contribution in [2.45, 2.75) is 50.7 Å². The lowest BCUT2D eigenvalue weighted by atomic mass is 9.90. The van der Waals surface area contributed by atoms with Crippen LogP contribution in [0.3, 0.4) is 0 Å². The molecule has 0 amide bonds. The molecule has 3 heterocycles. The topological polar surface area (TPSA) is 33.2 Å². The second kappa shape index (κ2) is 7.74. The van der Waals surface area contributed by atoms with Gasteiger partial charge in [-0.25, -0.2) is 0 Å². The molecular formula is C18H25F3N2OS. The van der Waals surface area contributed by atoms with Crippen molar-refractivity contribution in [1.29, 1.82) is 0 Å². The maximum absolute atomic E-state index is 11.7. The molecule has 0 N–H and O–H groups in total. The fourth-order valence-electron chi connectivity index (χ4n) is 4.13. The fraction of sp³-hybridized carbons (Fsp3) is 0.722. The van der Waals surface area contributed by atoms with Crippen LogP contribution in [-0.2, 0) is 17.0 Å². The maximum atomic E-state index is 11.7. The largest absolute Gasteiger partial charge is 0.433 e. The number of pyridine rings is 1. The molecule has 3 nitrogen and oxygen atoms in total. The second-order valence-electron chi connectivity index (χ2n) is 7.45. The van der Waals surface area contributed by atoms with E-state index in [1.54, 1.807) is 0 Å². The van der Waals surface area contributed by atoms with E-state index in [1.807, 2.05) is 0 Å². The molecule has 3 fully saturated rings. The number of alkyl halides is 3. The minimum Gasteiger partial charge on any atom is -0.300 e. The summed E-state index contributed by atoms with van der Waals surface area (Å²) in [6.07, 6.45) is 5.25. The molecule has 3 aliphatic rings. The van der Waals surface area contributed by atoms with Gasteiger partial charge in [0, 0.05) is 46.5 Å². The van der Waals surface area contributed by atoms with Crippen molar-refractivity contribution in [3.05, 3.63) is 30.1 Å². The molecule has 1 saturated carbocycles. The Balaban J connectivity index is 0.000000160. The van der Waals surface area contributed by atoms with Crippen LogP contribution in [0, 0.1) is 5.41 Å². The number of hydrogen-bond acceptors (Lipinski definition) is 3. The molecule has 2 saturated heterocycles. The van der Waals surface area contributed by atoms with Gasteiger partial charge in [-0.2, -0.15) is 13.2 Å². The maximum Gasteiger partial charge on any atom is 0.433 e. The molecule has 0 atom stereocenters. The summed E-state index contributed by atoms with van der Waals surface area (Å²) in [4.78, 5) is 5.83. The molecule has 0 bridgehead atoms. The summed E-state index contributed by atoms with van der Waals surface area (Å²) in [7, 11) is -0.468. The van der Waals surface area contributed by atoms with Crippen molar-refractivity contribution >= 4 is 10.8 Å². The Morgan fingerprint density at radius 3 is 2.40 bits per heavy atom. The summed E-state index contributed by atoms with van der Waals surface area (Å²) in [5.74, 6) is 1.99. The van der Waals surface area contributed by atoms with Gasteiger partial charge in [-0.1, -0.05) is 25.3 Å². The standard InChI is InChI=1S/C12H21NOS.C6H4F3N/c14-15-9-12(10-15)6-7-13(8-12)11-4-2-1-3-5-11;7-6(8,9)5-3-1-2-4-10-5/h11H,1-10H2;1-4H. The number of hydrogen-bond donors (Lipinski definition) is 0. The van der Waals surface area contributed by atoms with E-state index < -0.39 is 22.7 Å². The normalized spacial score (nSPS) is 30.6. The number of rotatable bonds is 1. The van der Waals surface area contributed by atoms with Crippen molar-refractivity contribution in [1.82, 2.24) is 9.88 Å². The van der Waals surface area contributed by atoms with Gasteiger partial charge in [0.25, 0.3) is 0 Å². The van der Waals surface area contributed by atoms with Crippen LogP contribution >= 0.6 is 0 Å². The van der Waals surface area contributed by atoms with Crippen LogP contribution in [0.1, 0.15) is 44.2 Å². The number of halogens is 3. The van der Waals surface area contributed by atoms with Crippen molar-refractivity contribution in [3.63, 3.8) is 0 Å². The van der Waals surface area contributed by atoms with Gasteiger partial charge < -0.3 is 0 Å². The van der Waals surface area contributed by atoms with Crippen molar-refractivity contribution < 1.29 is 17.4 Å². The van der Waals surface area contributed by atoms with Crippen LogP contribution in [0.2, 0.25) is 0 Å². The van der Waals surface area contributed by atoms with E-state index in [1.165, 1.54) is 63.7 Å². The SMILES string of the molecule is FC(F)(F)c1ccccn1.O=S1CC2(CCN(C3CCCCC3)C2)C1. The van der Waals surface area contributed by atoms with Gasteiger partial charge in [0.15, 0.2) is 0 Å². The Labute approximate surface area is 149 Å². The highest BCUT2D eigenvalue weighted by Gasteiger charge is 2.48. The van der Waals surface area contributed by atoms with E-state index in [0.717, 1.165) is 29.8 Å². The van der Waals surface area contributed by atoms with E-state index >= 15 is 0 Å². The first kappa shape index (κ1) is 18.8. The number of aromatic nitrogens is 1. The lowest BCUT2D eigenvalue weighted by Crippen LogP contribution is -2.48. The quantitative estimate of drug-likeness (QED) is 0.748. The van der Waals surface area contributed by atoms with Crippen molar-refractivity contribution in [2.24, 2.45) is 5.41 Å². The smallest absolute Gasteiger partial charge is 0.300 e. The molecule has 7 heteroatoms. The lowest BCUT2D eigenvalue weighted by molar-refractivity contribution is -0.141. The molecule has 1 aromatic heterocycles. The fourth-order valence-corrected chi connectivity index (χ4v) is 5.89. The van der Waals surface area contributed by atoms with Gasteiger partial charge in [0.1, 0.15) is 5.69 Å². The first-order valence-electron chi connectivity index (χ1n) is 8.95. The van der Waals surface area contributed by atoms with Gasteiger partial charge >= 0.3 is 6.18 Å². The molecule has 0 unspecified atom stereocenters. The third-order valence-electron chi connectivity index (χ3n) is 5.45. The Morgan fingerprint density at radius 1 is 1.16 bits per heavy atom. The Kier molecular flexibility index (Phi) is 5.83. The highest BCUT2D eigenvalue weighted by Crippen LogP contribution is 2.41. The van der Waals surface area contributed by atoms with Gasteiger partial charge in [-0.15, -0.1) is 0 Å². The van der Waals surface area contributed by atoms with Gasteiger partial charge in [0.2, 0.25) is 0 Å². The van der Waals surface area contributed by atoms with Gasteiger partial charge in [-0.3, -0.25) is 14.1 Å². The molecule has 4 rings (SSSR count). The minimum absolute atomic E-state index is 0.468. The van der Waals surface area contributed by atoms with Crippen LogP contribution in [0.4, 0.5) is 13.2 Å². The Bertz CT molecular complexity index is 580. The highest BCUT2D eigenvalue weighted by molar-refractivity contribution is 7.86. The van der Waals surface area contributed by atoms with E-state index in [4.69, 9.17) is 0 Å². The number of nitrogens with zero attached hydrogens (tertiary/aromatic N) is 2. The summed E-state index contributed by atoms with van der Waals surface area (Å²) in [6.45, 7) is 2.53. The monoisotopic (exact) mass is 374 g/mol. The van der Waals surface area contributed by atoms with Crippen LogP contribution in [0.5, 0.6) is 0 Å². The van der Waals surface area contributed by atoms with Crippen molar-refractivity contribution in [2.75, 3.05) is 24.6 Å². The molecule has 25 heavy (non-hydrogen) atoms. The minimum atomic E-state index is -4.32. The predicted octanol–water partition coefficient (Wildman–Crippen LogP) is 3.87. The molecule has 1 spiro atoms. The molecule has 140 valence electrons. The molecule has 1 aliphatic carbocycles. The first-order valence-corrected chi connectivity index (χ1v) is 10.4. The summed E-state index contributed by atoms with van der Waals surface area (Å²) in [6, 6.07) is 4.54. The predicted molar refractivity (Wildman–Crippen MR) is 92.6 cm³/mol. The zero-order valence-corrected chi connectivity index (χ0v) is 15.1. The zero-order valence-electron chi connectivity index (χ0n) is 14.3. The summed E-state index contributed by atoms with van der Waals surface area (Å²) >= 11 is 0. The summed E-state index contributed by atoms with van der Waals surface area (Å²) in [5.41, 5.74) is -0.363. The van der Waals surface area contributed by atoms with Crippen LogP contribution in [0.25, 0.3) is 0 Å². The van der Waals surface area contributed by atoms with Gasteiger partial charge in [-0.05, 0) is 37.9 Å². The highest BCUT2D eigenvalue weighted by atomic mass is 32.2. The lowest BCUT2D eigenvalue weighted by Gasteiger charge is -2.39. The van der Waals surface area contributed by atoms with Crippen LogP contribution in [-0.4, -0.2) is 44.7 Å². The van der Waals surface area contributed by atoms with Crippen LogP contribution in [0.15, 0.2) is 24.4 Å². The third-order valence-corrected chi connectivity index (χ3v) is 7.32. The molecule has 0 aromatic carbocycles. The van der Waals surface area contributed by atoms with E-state index in [2.05, 4.69) is 9.88 Å². The molecule has 1 aromatic rings. The zero-order chi connectivity index (χ0) is 17.9. The average molecular weight is 374 g/mol. The van der Waals surface area contributed by atoms with Crippen LogP contribution < -0.4 is 0 Å². The van der Waals surface area contributed by atoms with E-state index in [0.29, 0.717) is 5.41 Å². The van der Waals surface area contributed by atoms with Crippen molar-refractivity contribution in [3.8, 4) is 0 Å². The number of likely N-dealkylation sites (tertiary alicyclic amines) is 1. The Hall–Kier alpha value is -0.950.